The molecule has 0 saturated heterocycles. The number of methoxy groups -OCH3 is 1. The number of anilines is 1. The van der Waals surface area contributed by atoms with Crippen molar-refractivity contribution in [1.82, 2.24) is 21.3 Å². The standard InChI is InChI=1S/C84H106N6O11/c1-58(2)20-18-21-59(3)73-43-44-74-72-42-33-65-55-71(47-49-82(65,4)75(72)48-50-83(73,74)5)99-53-19-51-85-77(91)45-46-78(92)87-67(54-60-22-10-7-11-23-60)56-79(93)89-76(80(94)88-66-34-29-61(30-35-66)57-100-81(95)101-70-40-36-68(37-41-70)90(96)97)28-16-17-52-86-84(62-24-12-8-13-25-62,63-26-14-9-15-27-63)64-31-38-69(98-6)39-32-64/h7-15,22-27,29-41,58-59,67,71-76,86H,16-21,28,42-57H2,1-6H3,(H,85,91)(H,87,92)(H,88,94)(H,89,93)/t59?,67?,71-,72-,73+,74-,75-,76?,82-,83+/m0/s1. The molecule has 5 N–H and O–H groups in total. The number of fused-ring (bicyclic) bond motifs is 5. The largest absolute Gasteiger partial charge is 0.514 e. The van der Waals surface area contributed by atoms with Crippen LogP contribution in [-0.4, -0.2) is 79.7 Å². The molecule has 0 aromatic heterocycles. The molecule has 3 unspecified atom stereocenters. The van der Waals surface area contributed by atoms with Gasteiger partial charge in [0.2, 0.25) is 23.6 Å². The maximum Gasteiger partial charge on any atom is 0.514 e. The van der Waals surface area contributed by atoms with Gasteiger partial charge in [0.05, 0.1) is 23.7 Å². The van der Waals surface area contributed by atoms with E-state index in [0.29, 0.717) is 62.0 Å². The first-order valence-electron chi connectivity index (χ1n) is 37.0. The van der Waals surface area contributed by atoms with Crippen LogP contribution in [0.1, 0.15) is 178 Å². The number of amides is 4. The molecule has 0 aliphatic heterocycles. The number of non-ortho nitro benzene ring substituents is 1. The van der Waals surface area contributed by atoms with Crippen molar-refractivity contribution >= 4 is 41.2 Å². The van der Waals surface area contributed by atoms with Crippen LogP contribution in [0.3, 0.4) is 0 Å². The number of carbonyl (C=O) groups is 5. The monoisotopic (exact) mass is 1370 g/mol. The maximum atomic E-state index is 14.5. The maximum absolute atomic E-state index is 14.5. The van der Waals surface area contributed by atoms with Crippen molar-refractivity contribution < 1.29 is 47.8 Å². The molecule has 3 fully saturated rings. The fraction of sp³-hybridized carbons (Fsp3) is 0.488. The van der Waals surface area contributed by atoms with Crippen LogP contribution in [-0.2, 0) is 47.2 Å². The zero-order valence-electron chi connectivity index (χ0n) is 60.1. The van der Waals surface area contributed by atoms with Gasteiger partial charge in [-0.05, 0) is 201 Å². The first-order valence-corrected chi connectivity index (χ1v) is 37.0. The first-order chi connectivity index (χ1) is 48.8. The van der Waals surface area contributed by atoms with Gasteiger partial charge >= 0.3 is 6.16 Å². The summed E-state index contributed by atoms with van der Waals surface area (Å²) >= 11 is 0. The van der Waals surface area contributed by atoms with Crippen molar-refractivity contribution in [3.63, 3.8) is 0 Å². The lowest BCUT2D eigenvalue weighted by atomic mass is 9.47. The Morgan fingerprint density at radius 2 is 1.31 bits per heavy atom. The molecule has 4 amide bonds. The molecule has 538 valence electrons. The van der Waals surface area contributed by atoms with E-state index < -0.39 is 40.5 Å². The molecule has 0 bridgehead atoms. The predicted molar refractivity (Wildman–Crippen MR) is 395 cm³/mol. The highest BCUT2D eigenvalue weighted by atomic mass is 16.7. The van der Waals surface area contributed by atoms with Crippen molar-refractivity contribution in [2.75, 3.05) is 32.1 Å². The van der Waals surface area contributed by atoms with E-state index in [0.717, 1.165) is 76.4 Å². The third kappa shape index (κ3) is 19.7. The SMILES string of the molecule is COc1ccc(C(NCCCCC(NC(=O)CC(Cc2ccccc2)NC(=O)CCC(=O)NCCCO[C@H]2CC[C@@]3(C)C(=CC[C@H]4[C@@H]5CC[C@H](C(C)CCCC(C)C)[C@@]5(C)CC[C@@H]43)C2)C(=O)Nc2ccc(COC(=O)Oc3ccc([N+](=O)[O-])cc3)cc2)(c2ccccc2)c2ccccc2)cc1. The smallest absolute Gasteiger partial charge is 0.497 e. The molecule has 101 heavy (non-hydrogen) atoms. The fourth-order valence-corrected chi connectivity index (χ4v) is 17.4. The Labute approximate surface area is 597 Å². The zero-order valence-corrected chi connectivity index (χ0v) is 60.1. The fourth-order valence-electron chi connectivity index (χ4n) is 17.4. The van der Waals surface area contributed by atoms with Gasteiger partial charge in [-0.1, -0.05) is 181 Å². The summed E-state index contributed by atoms with van der Waals surface area (Å²) < 4.78 is 22.6. The zero-order chi connectivity index (χ0) is 71.4. The van der Waals surface area contributed by atoms with Crippen molar-refractivity contribution in [1.29, 1.82) is 0 Å². The number of benzene rings is 6. The highest BCUT2D eigenvalue weighted by Gasteiger charge is 2.59. The summed E-state index contributed by atoms with van der Waals surface area (Å²) in [7, 11) is 1.64. The van der Waals surface area contributed by atoms with E-state index in [9.17, 15) is 34.1 Å². The predicted octanol–water partition coefficient (Wildman–Crippen LogP) is 16.3. The van der Waals surface area contributed by atoms with E-state index in [2.05, 4.69) is 104 Å². The second-order valence-corrected chi connectivity index (χ2v) is 29.7. The number of hydrogen-bond donors (Lipinski definition) is 5. The summed E-state index contributed by atoms with van der Waals surface area (Å²) in [6.45, 7) is 13.9. The molecule has 0 radical (unpaired) electrons. The van der Waals surface area contributed by atoms with Gasteiger partial charge in [-0.25, -0.2) is 4.79 Å². The van der Waals surface area contributed by atoms with Crippen molar-refractivity contribution in [3.05, 3.63) is 213 Å². The van der Waals surface area contributed by atoms with Gasteiger partial charge in [-0.2, -0.15) is 0 Å². The topological polar surface area (TPSA) is 226 Å². The van der Waals surface area contributed by atoms with Gasteiger partial charge < -0.3 is 40.2 Å². The van der Waals surface area contributed by atoms with Crippen molar-refractivity contribution in [2.24, 2.45) is 46.3 Å². The number of allylic oxidation sites excluding steroid dienone is 1. The minimum absolute atomic E-state index is 0.0215. The molecule has 4 aliphatic rings. The molecule has 0 heterocycles. The van der Waals surface area contributed by atoms with Crippen LogP contribution in [0.25, 0.3) is 0 Å². The van der Waals surface area contributed by atoms with Gasteiger partial charge in [0, 0.05) is 56.3 Å². The van der Waals surface area contributed by atoms with Crippen LogP contribution < -0.4 is 36.1 Å². The van der Waals surface area contributed by atoms with Crippen LogP contribution in [0.4, 0.5) is 16.2 Å². The van der Waals surface area contributed by atoms with Crippen LogP contribution in [0.2, 0.25) is 0 Å². The number of hydrogen-bond acceptors (Lipinski definition) is 12. The molecule has 6 aromatic rings. The third-order valence-electron chi connectivity index (χ3n) is 22.7. The summed E-state index contributed by atoms with van der Waals surface area (Å²) in [6, 6.07) is 48.1. The average molecular weight is 1380 g/mol. The van der Waals surface area contributed by atoms with Gasteiger partial charge in [0.15, 0.2) is 0 Å². The Morgan fingerprint density at radius 3 is 1.98 bits per heavy atom. The van der Waals surface area contributed by atoms with Crippen molar-refractivity contribution in [3.8, 4) is 11.5 Å². The Balaban J connectivity index is 0.722. The van der Waals surface area contributed by atoms with E-state index >= 15 is 0 Å². The number of unbranched alkanes of at least 4 members (excludes halogenated alkanes) is 1. The Bertz CT molecular complexity index is 3660. The summed E-state index contributed by atoms with van der Waals surface area (Å²) in [5.74, 6) is 4.16. The van der Waals surface area contributed by atoms with Gasteiger partial charge in [-0.3, -0.25) is 34.6 Å². The summed E-state index contributed by atoms with van der Waals surface area (Å²) in [5, 5.41) is 27.0. The molecule has 4 aliphatic carbocycles. The number of nitrogens with zero attached hydrogens (tertiary/aromatic N) is 1. The second-order valence-electron chi connectivity index (χ2n) is 29.7. The lowest BCUT2D eigenvalue weighted by Crippen LogP contribution is -2.51. The molecule has 17 heteroatoms. The molecular weight excluding hydrogens is 1270 g/mol. The molecule has 10 rings (SSSR count). The van der Waals surface area contributed by atoms with E-state index in [1.165, 1.54) is 82.1 Å². The summed E-state index contributed by atoms with van der Waals surface area (Å²) in [5.41, 5.74) is 6.43. The molecule has 10 atom stereocenters. The average Bonchev–Trinajstić information content (AvgIpc) is 1.69. The number of ether oxygens (including phenoxy) is 4. The lowest BCUT2D eigenvalue weighted by molar-refractivity contribution is -0.384. The molecular formula is C84H106N6O11. The Morgan fingerprint density at radius 1 is 0.644 bits per heavy atom. The number of carbonyl (C=O) groups excluding carboxylic acids is 5. The number of nitro benzene ring substituents is 1. The minimum Gasteiger partial charge on any atom is -0.497 e. The van der Waals surface area contributed by atoms with E-state index in [4.69, 9.17) is 18.9 Å². The van der Waals surface area contributed by atoms with Gasteiger partial charge in [0.25, 0.3) is 5.69 Å². The van der Waals surface area contributed by atoms with Gasteiger partial charge in [0.1, 0.15) is 24.1 Å². The molecule has 0 spiro atoms. The quantitative estimate of drug-likeness (QED) is 0.00476. The highest BCUT2D eigenvalue weighted by molar-refractivity contribution is 5.97. The Hall–Kier alpha value is -8.67. The summed E-state index contributed by atoms with van der Waals surface area (Å²) in [4.78, 5) is 78.9. The minimum atomic E-state index is -1.01. The Kier molecular flexibility index (Phi) is 26.6. The lowest BCUT2D eigenvalue weighted by Gasteiger charge is -2.58. The molecule has 3 saturated carbocycles. The number of nitro groups is 1. The normalized spacial score (nSPS) is 21.6. The van der Waals surface area contributed by atoms with E-state index in [-0.39, 0.29) is 67.1 Å². The number of rotatable bonds is 35. The van der Waals surface area contributed by atoms with E-state index in [1.807, 2.05) is 78.9 Å². The van der Waals surface area contributed by atoms with E-state index in [1.54, 1.807) is 36.9 Å². The third-order valence-corrected chi connectivity index (χ3v) is 22.7. The molecule has 17 nitrogen and oxygen atoms in total. The highest BCUT2D eigenvalue weighted by Crippen LogP contribution is 2.67. The first kappa shape index (κ1) is 75.0. The van der Waals surface area contributed by atoms with Crippen LogP contribution >= 0.6 is 0 Å². The second kappa shape index (κ2) is 35.8. The van der Waals surface area contributed by atoms with Crippen LogP contribution in [0, 0.1) is 56.5 Å². The summed E-state index contributed by atoms with van der Waals surface area (Å²) in [6.07, 6.45) is 18.0. The van der Waals surface area contributed by atoms with Crippen molar-refractivity contribution in [2.45, 2.75) is 187 Å². The van der Waals surface area contributed by atoms with Crippen LogP contribution in [0.5, 0.6) is 11.5 Å². The number of nitrogens with one attached hydrogen (secondary N) is 5. The van der Waals surface area contributed by atoms with Crippen LogP contribution in [0.15, 0.2) is 175 Å². The molecule has 6 aromatic carbocycles. The van der Waals surface area contributed by atoms with Gasteiger partial charge in [-0.15, -0.1) is 0 Å².